The van der Waals surface area contributed by atoms with E-state index < -0.39 is 0 Å². The molecule has 0 amide bonds. The summed E-state index contributed by atoms with van der Waals surface area (Å²) in [7, 11) is 1.91. The Kier molecular flexibility index (Phi) is 4.17. The van der Waals surface area contributed by atoms with Crippen LogP contribution in [0.4, 0.5) is 0 Å². The Morgan fingerprint density at radius 1 is 1.63 bits per heavy atom. The Morgan fingerprint density at radius 2 is 2.37 bits per heavy atom. The van der Waals surface area contributed by atoms with Gasteiger partial charge in [0.2, 0.25) is 0 Å². The predicted molar refractivity (Wildman–Crippen MR) is 75.0 cm³/mol. The third-order valence-electron chi connectivity index (χ3n) is 3.45. The fourth-order valence-corrected chi connectivity index (χ4v) is 2.44. The summed E-state index contributed by atoms with van der Waals surface area (Å²) in [6, 6.07) is 3.68. The van der Waals surface area contributed by atoms with Crippen LogP contribution in [-0.4, -0.2) is 35.6 Å². The zero-order valence-electron chi connectivity index (χ0n) is 11.1. The maximum atomic E-state index is 8.71. The van der Waals surface area contributed by atoms with Gasteiger partial charge in [-0.15, -0.1) is 0 Å². The van der Waals surface area contributed by atoms with Gasteiger partial charge in [-0.25, -0.2) is 0 Å². The first-order chi connectivity index (χ1) is 9.02. The number of oxime groups is 1. The van der Waals surface area contributed by atoms with E-state index in [2.05, 4.69) is 5.16 Å². The van der Waals surface area contributed by atoms with Crippen LogP contribution in [0.5, 0.6) is 5.75 Å². The van der Waals surface area contributed by atoms with Crippen molar-refractivity contribution in [3.63, 3.8) is 0 Å². The number of benzene rings is 1. The van der Waals surface area contributed by atoms with Crippen molar-refractivity contribution >= 4 is 17.4 Å². The summed E-state index contributed by atoms with van der Waals surface area (Å²) in [4.78, 5) is 1.97. The molecule has 0 aromatic heterocycles. The minimum absolute atomic E-state index is 0.166. The minimum Gasteiger partial charge on any atom is -0.493 e. The normalized spacial score (nSPS) is 16.3. The fourth-order valence-electron chi connectivity index (χ4n) is 2.18. The fraction of sp³-hybridized carbons (Fsp3) is 0.462. The maximum Gasteiger partial charge on any atom is 0.156 e. The van der Waals surface area contributed by atoms with Gasteiger partial charge >= 0.3 is 0 Å². The van der Waals surface area contributed by atoms with Crippen molar-refractivity contribution in [1.29, 1.82) is 0 Å². The number of nitrogens with zero attached hydrogens (tertiary/aromatic N) is 2. The van der Waals surface area contributed by atoms with Crippen molar-refractivity contribution < 1.29 is 9.94 Å². The summed E-state index contributed by atoms with van der Waals surface area (Å²) in [5.74, 6) is 1.10. The molecular formula is C13H18ClN3O2. The van der Waals surface area contributed by atoms with Crippen molar-refractivity contribution in [3.05, 3.63) is 28.3 Å². The van der Waals surface area contributed by atoms with Gasteiger partial charge < -0.3 is 15.7 Å². The zero-order chi connectivity index (χ0) is 14.0. The van der Waals surface area contributed by atoms with E-state index in [4.69, 9.17) is 27.3 Å². The number of halogens is 1. The van der Waals surface area contributed by atoms with Crippen molar-refractivity contribution in [1.82, 2.24) is 4.90 Å². The number of hydrogen-bond acceptors (Lipinski definition) is 4. The molecule has 0 saturated heterocycles. The van der Waals surface area contributed by atoms with Crippen molar-refractivity contribution in [2.75, 3.05) is 13.7 Å². The number of hydrogen-bond donors (Lipinski definition) is 2. The molecule has 1 atom stereocenters. The molecule has 0 radical (unpaired) electrons. The average Bonchev–Trinajstić information content (AvgIpc) is 2.84. The predicted octanol–water partition coefficient (Wildman–Crippen LogP) is 1.84. The maximum absolute atomic E-state index is 8.71. The highest BCUT2D eigenvalue weighted by Gasteiger charge is 2.21. The van der Waals surface area contributed by atoms with Gasteiger partial charge in [-0.2, -0.15) is 0 Å². The van der Waals surface area contributed by atoms with Gasteiger partial charge in [0.25, 0.3) is 0 Å². The Labute approximate surface area is 117 Å². The van der Waals surface area contributed by atoms with Crippen LogP contribution in [0.25, 0.3) is 0 Å². The summed E-state index contributed by atoms with van der Waals surface area (Å²) < 4.78 is 5.66. The number of ether oxygens (including phenoxy) is 1. The lowest BCUT2D eigenvalue weighted by molar-refractivity contribution is 0.274. The second kappa shape index (κ2) is 5.67. The van der Waals surface area contributed by atoms with Gasteiger partial charge in [0.15, 0.2) is 5.84 Å². The molecule has 1 aliphatic rings. The number of nitrogens with two attached hydrogens (primary N) is 1. The van der Waals surface area contributed by atoms with Gasteiger partial charge in [0.05, 0.1) is 12.6 Å². The molecule has 1 aromatic rings. The molecule has 104 valence electrons. The molecule has 0 saturated carbocycles. The van der Waals surface area contributed by atoms with E-state index >= 15 is 0 Å². The third kappa shape index (κ3) is 2.93. The highest BCUT2D eigenvalue weighted by Crippen LogP contribution is 2.33. The second-order valence-electron chi connectivity index (χ2n) is 4.77. The summed E-state index contributed by atoms with van der Waals surface area (Å²) in [6.45, 7) is 3.20. The average molecular weight is 284 g/mol. The molecule has 2 rings (SSSR count). The van der Waals surface area contributed by atoms with Crippen molar-refractivity contribution in [3.8, 4) is 5.75 Å². The highest BCUT2D eigenvalue weighted by atomic mass is 35.5. The van der Waals surface area contributed by atoms with Crippen LogP contribution < -0.4 is 10.5 Å². The monoisotopic (exact) mass is 283 g/mol. The Balaban J connectivity index is 2.20. The van der Waals surface area contributed by atoms with Crippen LogP contribution in [0.15, 0.2) is 17.3 Å². The Bertz CT molecular complexity index is 505. The summed E-state index contributed by atoms with van der Waals surface area (Å²) in [5, 5.41) is 12.5. The van der Waals surface area contributed by atoms with E-state index in [0.29, 0.717) is 18.2 Å². The summed E-state index contributed by atoms with van der Waals surface area (Å²) >= 11 is 6.12. The molecule has 1 heterocycles. The van der Waals surface area contributed by atoms with Gasteiger partial charge in [-0.05, 0) is 31.7 Å². The van der Waals surface area contributed by atoms with Crippen molar-refractivity contribution in [2.24, 2.45) is 10.9 Å². The smallest absolute Gasteiger partial charge is 0.156 e. The molecule has 3 N–H and O–H groups in total. The van der Waals surface area contributed by atoms with Crippen LogP contribution in [0.2, 0.25) is 5.02 Å². The van der Waals surface area contributed by atoms with Crippen LogP contribution in [0, 0.1) is 0 Å². The Hall–Kier alpha value is -1.46. The number of amidine groups is 1. The summed E-state index contributed by atoms with van der Waals surface area (Å²) in [5.41, 5.74) is 7.79. The van der Waals surface area contributed by atoms with Crippen molar-refractivity contribution in [2.45, 2.75) is 25.9 Å². The molecule has 0 fully saturated rings. The highest BCUT2D eigenvalue weighted by molar-refractivity contribution is 6.30. The van der Waals surface area contributed by atoms with E-state index in [1.165, 1.54) is 0 Å². The van der Waals surface area contributed by atoms with Crippen LogP contribution in [0.3, 0.4) is 0 Å². The van der Waals surface area contributed by atoms with Crippen LogP contribution in [-0.2, 0) is 13.0 Å². The van der Waals surface area contributed by atoms with E-state index in [0.717, 1.165) is 23.3 Å². The van der Waals surface area contributed by atoms with Gasteiger partial charge in [0, 0.05) is 23.6 Å². The lowest BCUT2D eigenvalue weighted by atomic mass is 10.1. The van der Waals surface area contributed by atoms with Gasteiger partial charge in [-0.3, -0.25) is 4.90 Å². The molecule has 1 aliphatic heterocycles. The van der Waals surface area contributed by atoms with E-state index in [1.54, 1.807) is 0 Å². The zero-order valence-corrected chi connectivity index (χ0v) is 11.8. The van der Waals surface area contributed by atoms with E-state index in [1.807, 2.05) is 31.0 Å². The summed E-state index contributed by atoms with van der Waals surface area (Å²) in [6.07, 6.45) is 0.891. The SMILES string of the molecule is CC(/C(N)=N/O)N(C)Cc1cc(Cl)cc2c1OCC2. The number of fused-ring (bicyclic) bond motifs is 1. The lowest BCUT2D eigenvalue weighted by Gasteiger charge is -2.24. The number of likely N-dealkylation sites (N-methyl/N-ethyl adjacent to an activating group) is 1. The van der Waals surface area contributed by atoms with Gasteiger partial charge in [0.1, 0.15) is 5.75 Å². The Morgan fingerprint density at radius 3 is 3.05 bits per heavy atom. The first-order valence-corrected chi connectivity index (χ1v) is 6.52. The third-order valence-corrected chi connectivity index (χ3v) is 3.67. The molecule has 5 nitrogen and oxygen atoms in total. The molecule has 1 unspecified atom stereocenters. The van der Waals surface area contributed by atoms with E-state index in [9.17, 15) is 0 Å². The first kappa shape index (κ1) is 14.0. The lowest BCUT2D eigenvalue weighted by Crippen LogP contribution is -2.40. The van der Waals surface area contributed by atoms with Crippen LogP contribution in [0.1, 0.15) is 18.1 Å². The topological polar surface area (TPSA) is 71.1 Å². The molecule has 0 spiro atoms. The molecule has 1 aromatic carbocycles. The quantitative estimate of drug-likeness (QED) is 0.383. The first-order valence-electron chi connectivity index (χ1n) is 6.14. The standard InChI is InChI=1S/C13H18ClN3O2/c1-8(13(15)16-18)17(2)7-10-6-11(14)5-9-3-4-19-12(9)10/h5-6,8,18H,3-4,7H2,1-2H3,(H2,15,16). The molecule has 19 heavy (non-hydrogen) atoms. The molecule has 6 heteroatoms. The van der Waals surface area contributed by atoms with Crippen LogP contribution >= 0.6 is 11.6 Å². The molecular weight excluding hydrogens is 266 g/mol. The molecule has 0 aliphatic carbocycles. The van der Waals surface area contributed by atoms with E-state index in [-0.39, 0.29) is 11.9 Å². The molecule has 0 bridgehead atoms. The van der Waals surface area contributed by atoms with Gasteiger partial charge in [-0.1, -0.05) is 16.8 Å². The second-order valence-corrected chi connectivity index (χ2v) is 5.20. The number of rotatable bonds is 4. The minimum atomic E-state index is -0.166. The largest absolute Gasteiger partial charge is 0.493 e.